The lowest BCUT2D eigenvalue weighted by Crippen LogP contribution is -2.16. The molecule has 172 valence electrons. The van der Waals surface area contributed by atoms with Gasteiger partial charge in [0.05, 0.1) is 0 Å². The molecule has 0 saturated carbocycles. The van der Waals surface area contributed by atoms with Crippen molar-refractivity contribution in [2.24, 2.45) is 0 Å². The molecule has 0 radical (unpaired) electrons. The standard InChI is InChI=1S/C26H26N6O2/c1-18-13-24-28-29-25(23-14-19(2)34-31-23)32(24)30-26(18)33-17-22-10-6-9-21(15-22)16-27-12-11-20-7-4-3-5-8-20/h3-10,13-15,27H,11-12,16-17H2,1-2H3. The first-order valence-corrected chi connectivity index (χ1v) is 11.3. The van der Waals surface area contributed by atoms with Gasteiger partial charge in [-0.2, -0.15) is 4.52 Å². The van der Waals surface area contributed by atoms with E-state index in [0.717, 1.165) is 30.6 Å². The number of hydrogen-bond acceptors (Lipinski definition) is 7. The SMILES string of the molecule is Cc1cc(-c2nnc3cc(C)c(OCc4cccc(CNCCc5ccccc5)c4)nn23)no1. The largest absolute Gasteiger partial charge is 0.472 e. The normalized spacial score (nSPS) is 11.2. The third-order valence-electron chi connectivity index (χ3n) is 5.52. The fourth-order valence-corrected chi connectivity index (χ4v) is 3.77. The van der Waals surface area contributed by atoms with Crippen LogP contribution in [0.3, 0.4) is 0 Å². The zero-order chi connectivity index (χ0) is 23.3. The number of nitrogens with one attached hydrogen (secondary N) is 1. The van der Waals surface area contributed by atoms with E-state index < -0.39 is 0 Å². The molecular weight excluding hydrogens is 428 g/mol. The van der Waals surface area contributed by atoms with E-state index in [9.17, 15) is 0 Å². The summed E-state index contributed by atoms with van der Waals surface area (Å²) in [7, 11) is 0. The molecule has 34 heavy (non-hydrogen) atoms. The van der Waals surface area contributed by atoms with E-state index in [1.165, 1.54) is 11.1 Å². The maximum absolute atomic E-state index is 6.08. The van der Waals surface area contributed by atoms with Gasteiger partial charge in [-0.05, 0) is 49.6 Å². The Morgan fingerprint density at radius 2 is 1.74 bits per heavy atom. The molecule has 0 atom stereocenters. The van der Waals surface area contributed by atoms with Crippen molar-refractivity contribution in [3.63, 3.8) is 0 Å². The second kappa shape index (κ2) is 9.84. The molecule has 0 aliphatic heterocycles. The second-order valence-electron chi connectivity index (χ2n) is 8.27. The summed E-state index contributed by atoms with van der Waals surface area (Å²) < 4.78 is 12.9. The summed E-state index contributed by atoms with van der Waals surface area (Å²) in [5.74, 6) is 1.74. The van der Waals surface area contributed by atoms with Crippen LogP contribution in [0, 0.1) is 13.8 Å². The van der Waals surface area contributed by atoms with Gasteiger partial charge in [0.2, 0.25) is 11.7 Å². The summed E-state index contributed by atoms with van der Waals surface area (Å²) in [5.41, 5.74) is 5.74. The molecule has 3 aromatic heterocycles. The van der Waals surface area contributed by atoms with E-state index in [1.807, 2.05) is 26.0 Å². The van der Waals surface area contributed by atoms with Crippen molar-refractivity contribution in [2.45, 2.75) is 33.4 Å². The molecule has 0 fully saturated rings. The molecule has 2 aromatic carbocycles. The highest BCUT2D eigenvalue weighted by molar-refractivity contribution is 5.55. The Hall–Kier alpha value is -4.04. The van der Waals surface area contributed by atoms with Crippen LogP contribution in [-0.4, -0.2) is 31.5 Å². The van der Waals surface area contributed by atoms with Crippen LogP contribution in [0.5, 0.6) is 5.88 Å². The highest BCUT2D eigenvalue weighted by atomic mass is 16.5. The maximum atomic E-state index is 6.08. The van der Waals surface area contributed by atoms with Gasteiger partial charge in [0.25, 0.3) is 0 Å². The smallest absolute Gasteiger partial charge is 0.235 e. The van der Waals surface area contributed by atoms with Gasteiger partial charge in [-0.15, -0.1) is 15.3 Å². The highest BCUT2D eigenvalue weighted by Crippen LogP contribution is 2.22. The van der Waals surface area contributed by atoms with Gasteiger partial charge in [-0.3, -0.25) is 0 Å². The Labute approximate surface area is 197 Å². The van der Waals surface area contributed by atoms with Gasteiger partial charge >= 0.3 is 0 Å². The topological polar surface area (TPSA) is 90.4 Å². The minimum Gasteiger partial charge on any atom is -0.472 e. The van der Waals surface area contributed by atoms with Crippen molar-refractivity contribution in [1.29, 1.82) is 0 Å². The van der Waals surface area contributed by atoms with Crippen LogP contribution < -0.4 is 10.1 Å². The first-order chi connectivity index (χ1) is 16.7. The van der Waals surface area contributed by atoms with Crippen molar-refractivity contribution < 1.29 is 9.26 Å². The van der Waals surface area contributed by atoms with E-state index in [1.54, 1.807) is 10.6 Å². The van der Waals surface area contributed by atoms with Crippen molar-refractivity contribution in [3.8, 4) is 17.4 Å². The number of nitrogens with zero attached hydrogens (tertiary/aromatic N) is 5. The lowest BCUT2D eigenvalue weighted by molar-refractivity contribution is 0.287. The first-order valence-electron chi connectivity index (χ1n) is 11.3. The van der Waals surface area contributed by atoms with E-state index in [0.29, 0.717) is 35.4 Å². The molecule has 8 heteroatoms. The molecule has 8 nitrogen and oxygen atoms in total. The van der Waals surface area contributed by atoms with E-state index >= 15 is 0 Å². The molecular formula is C26H26N6O2. The van der Waals surface area contributed by atoms with E-state index in [2.05, 4.69) is 74.3 Å². The van der Waals surface area contributed by atoms with Crippen molar-refractivity contribution >= 4 is 5.65 Å². The number of aryl methyl sites for hydroxylation is 2. The monoisotopic (exact) mass is 454 g/mol. The van der Waals surface area contributed by atoms with Crippen LogP contribution in [0.25, 0.3) is 17.2 Å². The van der Waals surface area contributed by atoms with E-state index in [4.69, 9.17) is 9.26 Å². The van der Waals surface area contributed by atoms with Gasteiger partial charge in [0.15, 0.2) is 11.3 Å². The quantitative estimate of drug-likeness (QED) is 0.332. The molecule has 0 aliphatic carbocycles. The molecule has 0 aliphatic rings. The summed E-state index contributed by atoms with van der Waals surface area (Å²) in [4.78, 5) is 0. The Kier molecular flexibility index (Phi) is 6.31. The summed E-state index contributed by atoms with van der Waals surface area (Å²) in [6.45, 7) is 5.94. The molecule has 0 saturated heterocycles. The maximum Gasteiger partial charge on any atom is 0.235 e. The molecule has 0 amide bonds. The van der Waals surface area contributed by atoms with Crippen LogP contribution in [0.15, 0.2) is 71.3 Å². The highest BCUT2D eigenvalue weighted by Gasteiger charge is 2.16. The number of benzene rings is 2. The molecule has 1 N–H and O–H groups in total. The molecule has 0 unspecified atom stereocenters. The fraction of sp³-hybridized carbons (Fsp3) is 0.231. The third-order valence-corrected chi connectivity index (χ3v) is 5.52. The predicted octanol–water partition coefficient (Wildman–Crippen LogP) is 4.31. The van der Waals surface area contributed by atoms with Gasteiger partial charge in [-0.1, -0.05) is 59.8 Å². The average molecular weight is 455 g/mol. The van der Waals surface area contributed by atoms with Gasteiger partial charge < -0.3 is 14.6 Å². The Bertz CT molecular complexity index is 1390. The number of rotatable bonds is 9. The Morgan fingerprint density at radius 3 is 2.56 bits per heavy atom. The summed E-state index contributed by atoms with van der Waals surface area (Å²) in [5, 5.41) is 20.6. The van der Waals surface area contributed by atoms with Crippen LogP contribution in [0.1, 0.15) is 28.0 Å². The molecule has 3 heterocycles. The summed E-state index contributed by atoms with van der Waals surface area (Å²) in [6.07, 6.45) is 1.01. The van der Waals surface area contributed by atoms with Crippen molar-refractivity contribution in [2.75, 3.05) is 6.54 Å². The van der Waals surface area contributed by atoms with Crippen LogP contribution in [-0.2, 0) is 19.6 Å². The fourth-order valence-electron chi connectivity index (χ4n) is 3.77. The molecule has 5 aromatic rings. The number of fused-ring (bicyclic) bond motifs is 1. The predicted molar refractivity (Wildman–Crippen MR) is 128 cm³/mol. The van der Waals surface area contributed by atoms with Gasteiger partial charge in [0, 0.05) is 18.2 Å². The van der Waals surface area contributed by atoms with Gasteiger partial charge in [0.1, 0.15) is 12.4 Å². The van der Waals surface area contributed by atoms with Crippen molar-refractivity contribution in [3.05, 3.63) is 94.7 Å². The minimum absolute atomic E-state index is 0.414. The lowest BCUT2D eigenvalue weighted by atomic mass is 10.1. The Morgan fingerprint density at radius 1 is 0.912 bits per heavy atom. The van der Waals surface area contributed by atoms with Crippen LogP contribution in [0.4, 0.5) is 0 Å². The first kappa shape index (κ1) is 21.8. The second-order valence-corrected chi connectivity index (χ2v) is 8.27. The number of aromatic nitrogens is 5. The number of ether oxygens (including phenoxy) is 1. The molecule has 0 spiro atoms. The molecule has 5 rings (SSSR count). The van der Waals surface area contributed by atoms with Crippen molar-refractivity contribution in [1.82, 2.24) is 30.3 Å². The van der Waals surface area contributed by atoms with Gasteiger partial charge in [-0.25, -0.2) is 0 Å². The summed E-state index contributed by atoms with van der Waals surface area (Å²) in [6, 6.07) is 22.6. The average Bonchev–Trinajstić information content (AvgIpc) is 3.46. The van der Waals surface area contributed by atoms with Crippen LogP contribution in [0.2, 0.25) is 0 Å². The third kappa shape index (κ3) is 4.97. The van der Waals surface area contributed by atoms with E-state index in [-0.39, 0.29) is 0 Å². The lowest BCUT2D eigenvalue weighted by Gasteiger charge is -2.10. The summed E-state index contributed by atoms with van der Waals surface area (Å²) >= 11 is 0. The van der Waals surface area contributed by atoms with Crippen LogP contribution >= 0.6 is 0 Å². The number of hydrogen-bond donors (Lipinski definition) is 1. The zero-order valence-corrected chi connectivity index (χ0v) is 19.2. The molecule has 0 bridgehead atoms. The minimum atomic E-state index is 0.414. The zero-order valence-electron chi connectivity index (χ0n) is 19.2. The Balaban J connectivity index is 1.23.